The number of nitrogens with zero attached hydrogens (tertiary/aromatic N) is 3. The number of nitriles is 1. The van der Waals surface area contributed by atoms with E-state index in [1.807, 2.05) is 31.2 Å². The van der Waals surface area contributed by atoms with Gasteiger partial charge in [-0.25, -0.2) is 0 Å². The number of thiophene rings is 1. The number of carbonyl (C=O) groups excluding carboxylic acids is 1. The van der Waals surface area contributed by atoms with Crippen molar-refractivity contribution in [1.29, 1.82) is 5.26 Å². The molecule has 1 N–H and O–H groups in total. The van der Waals surface area contributed by atoms with Gasteiger partial charge >= 0.3 is 0 Å². The second kappa shape index (κ2) is 10.2. The number of rotatable bonds is 7. The van der Waals surface area contributed by atoms with Gasteiger partial charge in [0.05, 0.1) is 23.5 Å². The molecule has 1 atom stereocenters. The van der Waals surface area contributed by atoms with Crippen LogP contribution >= 0.6 is 23.1 Å². The largest absolute Gasteiger partial charge is 0.493 e. The molecule has 0 saturated heterocycles. The molecule has 178 valence electrons. The second-order valence-corrected chi connectivity index (χ2v) is 11.3. The molecule has 2 aromatic heterocycles. The van der Waals surface area contributed by atoms with Crippen LogP contribution < -0.4 is 10.1 Å². The lowest BCUT2D eigenvalue weighted by atomic mass is 9.72. The molecule has 0 saturated carbocycles. The quantitative estimate of drug-likeness (QED) is 0.403. The first-order valence-corrected chi connectivity index (χ1v) is 13.1. The van der Waals surface area contributed by atoms with Crippen molar-refractivity contribution in [3.05, 3.63) is 40.3 Å². The number of hydrogen-bond acceptors (Lipinski definition) is 8. The van der Waals surface area contributed by atoms with E-state index in [0.29, 0.717) is 45.5 Å². The molecule has 0 fully saturated rings. The summed E-state index contributed by atoms with van der Waals surface area (Å²) in [5.41, 5.74) is 2.65. The van der Waals surface area contributed by atoms with E-state index in [1.54, 1.807) is 0 Å². The zero-order valence-corrected chi connectivity index (χ0v) is 21.4. The van der Waals surface area contributed by atoms with Crippen molar-refractivity contribution < 1.29 is 13.9 Å². The summed E-state index contributed by atoms with van der Waals surface area (Å²) in [4.78, 5) is 13.9. The molecule has 0 spiro atoms. The minimum Gasteiger partial charge on any atom is -0.493 e. The maximum absolute atomic E-state index is 12.7. The van der Waals surface area contributed by atoms with Gasteiger partial charge in [0.15, 0.2) is 0 Å². The van der Waals surface area contributed by atoms with Crippen molar-refractivity contribution in [2.24, 2.45) is 11.3 Å². The summed E-state index contributed by atoms with van der Waals surface area (Å²) >= 11 is 2.70. The summed E-state index contributed by atoms with van der Waals surface area (Å²) in [6, 6.07) is 9.77. The van der Waals surface area contributed by atoms with E-state index in [1.165, 1.54) is 16.2 Å². The van der Waals surface area contributed by atoms with E-state index in [-0.39, 0.29) is 17.1 Å². The van der Waals surface area contributed by atoms with E-state index in [9.17, 15) is 10.1 Å². The average molecular weight is 497 g/mol. The second-order valence-electron chi connectivity index (χ2n) is 9.26. The van der Waals surface area contributed by atoms with Crippen LogP contribution in [0.3, 0.4) is 0 Å². The molecule has 0 aliphatic heterocycles. The Morgan fingerprint density at radius 2 is 2.15 bits per heavy atom. The molecule has 1 amide bonds. The summed E-state index contributed by atoms with van der Waals surface area (Å²) < 4.78 is 11.4. The summed E-state index contributed by atoms with van der Waals surface area (Å²) in [6.45, 7) is 9.23. The molecule has 1 aliphatic carbocycles. The molecule has 0 radical (unpaired) electrons. The van der Waals surface area contributed by atoms with Gasteiger partial charge in [0.25, 0.3) is 11.1 Å². The van der Waals surface area contributed by atoms with Crippen molar-refractivity contribution in [1.82, 2.24) is 10.2 Å². The molecule has 0 bridgehead atoms. The lowest BCUT2D eigenvalue weighted by Crippen LogP contribution is -2.26. The van der Waals surface area contributed by atoms with Crippen LogP contribution in [-0.4, -0.2) is 28.5 Å². The summed E-state index contributed by atoms with van der Waals surface area (Å²) in [5, 5.41) is 21.8. The lowest BCUT2D eigenvalue weighted by molar-refractivity contribution is -0.113. The summed E-state index contributed by atoms with van der Waals surface area (Å²) in [7, 11) is 0. The maximum Gasteiger partial charge on any atom is 0.277 e. The Bertz CT molecular complexity index is 1220. The first kappa shape index (κ1) is 24.3. The summed E-state index contributed by atoms with van der Waals surface area (Å²) in [5.74, 6) is 1.48. The van der Waals surface area contributed by atoms with Crippen LogP contribution in [0.5, 0.6) is 5.75 Å². The topological polar surface area (TPSA) is 101 Å². The number of thioether (sulfide) groups is 1. The third-order valence-electron chi connectivity index (χ3n) is 6.01. The average Bonchev–Trinajstić information content (AvgIpc) is 3.41. The van der Waals surface area contributed by atoms with Gasteiger partial charge in [-0.2, -0.15) is 5.26 Å². The number of aromatic nitrogens is 2. The molecule has 1 aliphatic rings. The SMILES string of the molecule is CCOc1ccccc1-c1nnc(SCC(=O)Nc2sc3c(c2C#N)CC[C@H](C(C)(C)C)C3)o1. The zero-order valence-electron chi connectivity index (χ0n) is 19.8. The van der Waals surface area contributed by atoms with Crippen LogP contribution in [0.25, 0.3) is 11.5 Å². The number of anilines is 1. The molecule has 2 heterocycles. The van der Waals surface area contributed by atoms with Gasteiger partial charge in [0.2, 0.25) is 5.91 Å². The maximum atomic E-state index is 12.7. The van der Waals surface area contributed by atoms with Crippen molar-refractivity contribution in [3.63, 3.8) is 0 Å². The number of amides is 1. The van der Waals surface area contributed by atoms with Gasteiger partial charge in [-0.15, -0.1) is 21.5 Å². The fraction of sp³-hybridized carbons (Fsp3) is 0.440. The molecule has 1 aromatic carbocycles. The van der Waals surface area contributed by atoms with E-state index in [2.05, 4.69) is 42.4 Å². The molecular weight excluding hydrogens is 468 g/mol. The first-order valence-electron chi connectivity index (χ1n) is 11.3. The molecule has 7 nitrogen and oxygen atoms in total. The minimum atomic E-state index is -0.207. The van der Waals surface area contributed by atoms with E-state index in [4.69, 9.17) is 9.15 Å². The Labute approximate surface area is 207 Å². The third kappa shape index (κ3) is 5.29. The normalized spacial score (nSPS) is 15.4. The standard InChI is InChI=1S/C25H28N4O3S2/c1-5-31-19-9-7-6-8-17(19)22-28-29-24(32-22)33-14-21(30)27-23-18(13-26)16-11-10-15(25(2,3)4)12-20(16)34-23/h6-9,15H,5,10-12,14H2,1-4H3,(H,27,30)/t15-/m0/s1. The number of benzene rings is 1. The van der Waals surface area contributed by atoms with Crippen LogP contribution in [0.1, 0.15) is 50.1 Å². The van der Waals surface area contributed by atoms with Gasteiger partial charge in [-0.3, -0.25) is 4.79 Å². The monoisotopic (exact) mass is 496 g/mol. The Morgan fingerprint density at radius 3 is 2.88 bits per heavy atom. The lowest BCUT2D eigenvalue weighted by Gasteiger charge is -2.33. The highest BCUT2D eigenvalue weighted by Gasteiger charge is 2.32. The van der Waals surface area contributed by atoms with Crippen LogP contribution in [0.2, 0.25) is 0 Å². The minimum absolute atomic E-state index is 0.104. The molecular formula is C25H28N4O3S2. The van der Waals surface area contributed by atoms with Gasteiger partial charge in [0.1, 0.15) is 16.8 Å². The third-order valence-corrected chi connectivity index (χ3v) is 7.99. The molecule has 3 aromatic rings. The van der Waals surface area contributed by atoms with Gasteiger partial charge < -0.3 is 14.5 Å². The predicted molar refractivity (Wildman–Crippen MR) is 134 cm³/mol. The van der Waals surface area contributed by atoms with Crippen molar-refractivity contribution >= 4 is 34.0 Å². The van der Waals surface area contributed by atoms with Crippen LogP contribution in [0.15, 0.2) is 33.9 Å². The van der Waals surface area contributed by atoms with Crippen LogP contribution in [-0.2, 0) is 17.6 Å². The van der Waals surface area contributed by atoms with E-state index >= 15 is 0 Å². The van der Waals surface area contributed by atoms with Crippen LogP contribution in [0, 0.1) is 22.7 Å². The number of carbonyl (C=O) groups is 1. The molecule has 4 rings (SSSR count). The summed E-state index contributed by atoms with van der Waals surface area (Å²) in [6.07, 6.45) is 2.91. The highest BCUT2D eigenvalue weighted by Crippen LogP contribution is 2.44. The van der Waals surface area contributed by atoms with Gasteiger partial charge in [-0.1, -0.05) is 44.7 Å². The Balaban J connectivity index is 1.40. The molecule has 34 heavy (non-hydrogen) atoms. The Kier molecular flexibility index (Phi) is 7.29. The van der Waals surface area contributed by atoms with E-state index < -0.39 is 0 Å². The van der Waals surface area contributed by atoms with Crippen LogP contribution in [0.4, 0.5) is 5.00 Å². The number of ether oxygens (including phenoxy) is 1. The zero-order chi connectivity index (χ0) is 24.3. The highest BCUT2D eigenvalue weighted by molar-refractivity contribution is 7.99. The fourth-order valence-corrected chi connectivity index (χ4v) is 5.98. The van der Waals surface area contributed by atoms with Gasteiger partial charge in [-0.05, 0) is 55.2 Å². The first-order chi connectivity index (χ1) is 16.3. The van der Waals surface area contributed by atoms with Crippen molar-refractivity contribution in [2.45, 2.75) is 52.2 Å². The van der Waals surface area contributed by atoms with Crippen molar-refractivity contribution in [3.8, 4) is 23.3 Å². The molecule has 0 unspecified atom stereocenters. The Hall–Kier alpha value is -2.83. The van der Waals surface area contributed by atoms with Gasteiger partial charge in [0, 0.05) is 4.88 Å². The number of para-hydroxylation sites is 1. The fourth-order valence-electron chi connectivity index (χ4n) is 4.12. The predicted octanol–water partition coefficient (Wildman–Crippen LogP) is 5.95. The van der Waals surface area contributed by atoms with E-state index in [0.717, 1.165) is 36.6 Å². The smallest absolute Gasteiger partial charge is 0.277 e. The number of nitrogens with one attached hydrogen (secondary N) is 1. The van der Waals surface area contributed by atoms with Crippen molar-refractivity contribution in [2.75, 3.05) is 17.7 Å². The highest BCUT2D eigenvalue weighted by atomic mass is 32.2. The number of hydrogen-bond donors (Lipinski definition) is 1. The molecule has 9 heteroatoms. The number of fused-ring (bicyclic) bond motifs is 1. The Morgan fingerprint density at radius 1 is 1.35 bits per heavy atom.